The second-order valence-corrected chi connectivity index (χ2v) is 7.58. The van der Waals surface area contributed by atoms with E-state index < -0.39 is 6.10 Å². The third-order valence-electron chi connectivity index (χ3n) is 5.86. The number of nitrogens with zero attached hydrogens (tertiary/aromatic N) is 1. The quantitative estimate of drug-likeness (QED) is 0.673. The van der Waals surface area contributed by atoms with Crippen LogP contribution in [0.2, 0.25) is 0 Å². The minimum Gasteiger partial charge on any atom is -0.387 e. The Labute approximate surface area is 152 Å². The van der Waals surface area contributed by atoms with Gasteiger partial charge in [0.1, 0.15) is 0 Å². The van der Waals surface area contributed by atoms with Crippen molar-refractivity contribution in [3.8, 4) is 0 Å². The van der Waals surface area contributed by atoms with Crippen molar-refractivity contribution in [1.29, 1.82) is 0 Å². The number of unbranched alkanes of at least 4 members (excludes halogenated alkanes) is 2. The van der Waals surface area contributed by atoms with Crippen LogP contribution in [0.15, 0.2) is 30.3 Å². The van der Waals surface area contributed by atoms with E-state index in [9.17, 15) is 5.11 Å². The average Bonchev–Trinajstić information content (AvgIpc) is 3.06. The van der Waals surface area contributed by atoms with E-state index >= 15 is 0 Å². The van der Waals surface area contributed by atoms with Crippen molar-refractivity contribution in [2.75, 3.05) is 13.1 Å². The van der Waals surface area contributed by atoms with Crippen LogP contribution < -0.4 is 0 Å². The molecule has 2 aromatic carbocycles. The fraction of sp³-hybridized carbons (Fsp3) is 0.565. The van der Waals surface area contributed by atoms with Crippen LogP contribution in [0.25, 0.3) is 10.8 Å². The van der Waals surface area contributed by atoms with Gasteiger partial charge < -0.3 is 5.11 Å². The molecule has 0 bridgehead atoms. The lowest BCUT2D eigenvalue weighted by atomic mass is 9.93. The fourth-order valence-electron chi connectivity index (χ4n) is 4.23. The van der Waals surface area contributed by atoms with Gasteiger partial charge in [0.05, 0.1) is 6.10 Å². The summed E-state index contributed by atoms with van der Waals surface area (Å²) in [5, 5.41) is 13.9. The van der Waals surface area contributed by atoms with Gasteiger partial charge in [-0.05, 0) is 73.2 Å². The topological polar surface area (TPSA) is 23.5 Å². The highest BCUT2D eigenvalue weighted by molar-refractivity contribution is 5.93. The highest BCUT2D eigenvalue weighted by Gasteiger charge is 2.25. The molecule has 0 radical (unpaired) electrons. The maximum Gasteiger partial charge on any atom is 0.0948 e. The summed E-state index contributed by atoms with van der Waals surface area (Å²) < 4.78 is 0. The first-order valence-electron chi connectivity index (χ1n) is 10.1. The molecule has 25 heavy (non-hydrogen) atoms. The second kappa shape index (κ2) is 8.33. The molecule has 0 spiro atoms. The number of aliphatic hydroxyl groups excluding tert-OH is 1. The molecule has 0 saturated heterocycles. The summed E-state index contributed by atoms with van der Waals surface area (Å²) in [5.41, 5.74) is 4.00. The molecule has 0 aromatic heterocycles. The molecule has 0 heterocycles. The van der Waals surface area contributed by atoms with E-state index in [2.05, 4.69) is 56.0 Å². The monoisotopic (exact) mass is 339 g/mol. The van der Waals surface area contributed by atoms with Crippen molar-refractivity contribution >= 4 is 10.8 Å². The molecule has 0 fully saturated rings. The molecule has 0 aliphatic heterocycles. The predicted octanol–water partition coefficient (Wildman–Crippen LogP) is 5.26. The Balaban J connectivity index is 1.89. The minimum absolute atomic E-state index is 0.150. The van der Waals surface area contributed by atoms with Crippen molar-refractivity contribution in [2.24, 2.45) is 0 Å². The molecule has 3 rings (SSSR count). The zero-order valence-corrected chi connectivity index (χ0v) is 16.1. The van der Waals surface area contributed by atoms with Crippen LogP contribution >= 0.6 is 0 Å². The van der Waals surface area contributed by atoms with E-state index in [1.165, 1.54) is 47.6 Å². The number of benzene rings is 2. The van der Waals surface area contributed by atoms with Gasteiger partial charge in [-0.2, -0.15) is 0 Å². The third kappa shape index (κ3) is 3.75. The normalized spacial score (nSPS) is 15.9. The van der Waals surface area contributed by atoms with Gasteiger partial charge in [0.15, 0.2) is 0 Å². The lowest BCUT2D eigenvalue weighted by Crippen LogP contribution is -2.39. The standard InChI is InChI=1S/C23H33NO/c1-4-6-15-24(16-7-5-2)17(3)23(25)21-14-13-19-12-11-18-9-8-10-20(21)22(18)19/h8-10,13-14,17,23,25H,4-7,11-12,15-16H2,1-3H3/t17-,23-/m1/s1. The first-order valence-corrected chi connectivity index (χ1v) is 10.1. The summed E-state index contributed by atoms with van der Waals surface area (Å²) in [6, 6.07) is 11.2. The number of aliphatic hydroxyl groups is 1. The minimum atomic E-state index is -0.432. The molecule has 1 N–H and O–H groups in total. The van der Waals surface area contributed by atoms with E-state index in [1.807, 2.05) is 0 Å². The maximum absolute atomic E-state index is 11.2. The van der Waals surface area contributed by atoms with Crippen LogP contribution in [0.3, 0.4) is 0 Å². The molecular weight excluding hydrogens is 306 g/mol. The van der Waals surface area contributed by atoms with Crippen LogP contribution in [0.4, 0.5) is 0 Å². The van der Waals surface area contributed by atoms with Crippen LogP contribution in [0.1, 0.15) is 69.2 Å². The molecule has 2 heteroatoms. The molecular formula is C23H33NO. The highest BCUT2D eigenvalue weighted by Crippen LogP contribution is 2.36. The zero-order chi connectivity index (χ0) is 17.8. The highest BCUT2D eigenvalue weighted by atomic mass is 16.3. The Morgan fingerprint density at radius 3 is 2.24 bits per heavy atom. The second-order valence-electron chi connectivity index (χ2n) is 7.58. The molecule has 136 valence electrons. The van der Waals surface area contributed by atoms with Gasteiger partial charge in [0.2, 0.25) is 0 Å². The van der Waals surface area contributed by atoms with E-state index in [-0.39, 0.29) is 6.04 Å². The lowest BCUT2D eigenvalue weighted by molar-refractivity contribution is 0.0569. The fourth-order valence-corrected chi connectivity index (χ4v) is 4.23. The summed E-state index contributed by atoms with van der Waals surface area (Å²) in [7, 11) is 0. The summed E-state index contributed by atoms with van der Waals surface area (Å²) in [4.78, 5) is 2.49. The number of hydrogen-bond donors (Lipinski definition) is 1. The van der Waals surface area contributed by atoms with Gasteiger partial charge in [-0.25, -0.2) is 0 Å². The van der Waals surface area contributed by atoms with E-state index in [1.54, 1.807) is 0 Å². The number of aryl methyl sites for hydroxylation is 2. The summed E-state index contributed by atoms with van der Waals surface area (Å²) in [6.07, 6.45) is 6.65. The largest absolute Gasteiger partial charge is 0.387 e. The Hall–Kier alpha value is -1.38. The number of hydrogen-bond acceptors (Lipinski definition) is 2. The van der Waals surface area contributed by atoms with Crippen LogP contribution in [0.5, 0.6) is 0 Å². The van der Waals surface area contributed by atoms with Crippen LogP contribution in [0, 0.1) is 0 Å². The van der Waals surface area contributed by atoms with Gasteiger partial charge in [0, 0.05) is 6.04 Å². The number of rotatable bonds is 9. The Morgan fingerprint density at radius 2 is 1.60 bits per heavy atom. The Bertz CT molecular complexity index is 690. The van der Waals surface area contributed by atoms with Gasteiger partial charge in [-0.1, -0.05) is 57.0 Å². The summed E-state index contributed by atoms with van der Waals surface area (Å²) >= 11 is 0. The van der Waals surface area contributed by atoms with E-state index in [0.29, 0.717) is 0 Å². The SMILES string of the molecule is CCCCN(CCCC)[C@H](C)[C@@H](O)c1ccc2c3c(cccc13)CC2. The van der Waals surface area contributed by atoms with Crippen molar-refractivity contribution in [1.82, 2.24) is 4.90 Å². The Kier molecular flexibility index (Phi) is 6.14. The molecule has 0 unspecified atom stereocenters. The van der Waals surface area contributed by atoms with Gasteiger partial charge in [-0.15, -0.1) is 0 Å². The molecule has 1 aliphatic rings. The molecule has 2 aromatic rings. The van der Waals surface area contributed by atoms with Crippen molar-refractivity contribution in [3.05, 3.63) is 47.0 Å². The Morgan fingerprint density at radius 1 is 0.960 bits per heavy atom. The first kappa shape index (κ1) is 18.4. The molecule has 0 saturated carbocycles. The first-order chi connectivity index (χ1) is 12.2. The van der Waals surface area contributed by atoms with Crippen LogP contribution in [-0.2, 0) is 12.8 Å². The molecule has 2 atom stereocenters. The van der Waals surface area contributed by atoms with Gasteiger partial charge >= 0.3 is 0 Å². The van der Waals surface area contributed by atoms with Gasteiger partial charge in [-0.3, -0.25) is 4.90 Å². The van der Waals surface area contributed by atoms with Crippen LogP contribution in [-0.4, -0.2) is 29.1 Å². The average molecular weight is 340 g/mol. The predicted molar refractivity (Wildman–Crippen MR) is 107 cm³/mol. The van der Waals surface area contributed by atoms with E-state index in [4.69, 9.17) is 0 Å². The van der Waals surface area contributed by atoms with Crippen molar-refractivity contribution in [3.63, 3.8) is 0 Å². The summed E-state index contributed by atoms with van der Waals surface area (Å²) in [6.45, 7) is 8.83. The maximum atomic E-state index is 11.2. The van der Waals surface area contributed by atoms with Gasteiger partial charge in [0.25, 0.3) is 0 Å². The van der Waals surface area contributed by atoms with Crippen molar-refractivity contribution in [2.45, 2.75) is 71.4 Å². The summed E-state index contributed by atoms with van der Waals surface area (Å²) in [5.74, 6) is 0. The zero-order valence-electron chi connectivity index (χ0n) is 16.1. The van der Waals surface area contributed by atoms with E-state index in [0.717, 1.165) is 31.5 Å². The molecule has 1 aliphatic carbocycles. The molecule has 0 amide bonds. The third-order valence-corrected chi connectivity index (χ3v) is 5.86. The lowest BCUT2D eigenvalue weighted by Gasteiger charge is -2.33. The molecule has 2 nitrogen and oxygen atoms in total. The smallest absolute Gasteiger partial charge is 0.0948 e. The van der Waals surface area contributed by atoms with Crippen molar-refractivity contribution < 1.29 is 5.11 Å².